The van der Waals surface area contributed by atoms with Crippen molar-refractivity contribution in [3.05, 3.63) is 70.7 Å². The van der Waals surface area contributed by atoms with Crippen molar-refractivity contribution in [3.63, 3.8) is 0 Å². The third-order valence-electron chi connectivity index (χ3n) is 5.69. The van der Waals surface area contributed by atoms with E-state index in [9.17, 15) is 9.59 Å². The van der Waals surface area contributed by atoms with Crippen LogP contribution >= 0.6 is 23.4 Å². The van der Waals surface area contributed by atoms with Crippen molar-refractivity contribution in [2.45, 2.75) is 63.4 Å². The molecule has 2 aromatic rings. The van der Waals surface area contributed by atoms with Gasteiger partial charge in [0.05, 0.1) is 5.75 Å². The van der Waals surface area contributed by atoms with Gasteiger partial charge in [-0.25, -0.2) is 0 Å². The lowest BCUT2D eigenvalue weighted by Gasteiger charge is -2.31. The molecule has 1 fully saturated rings. The highest BCUT2D eigenvalue weighted by Crippen LogP contribution is 2.21. The third kappa shape index (κ3) is 7.29. The summed E-state index contributed by atoms with van der Waals surface area (Å²) in [7, 11) is 0. The Morgan fingerprint density at radius 3 is 2.39 bits per heavy atom. The standard InChI is InChI=1S/C25H31ClN2O2S/c1-2-23(25(30)27-22-10-6-7-11-22)28(16-19-12-14-21(26)15-13-19)24(29)18-31-17-20-8-4-3-5-9-20/h3-5,8-9,12-15,22-23H,2,6-7,10-11,16-18H2,1H3,(H,27,30). The molecule has 166 valence electrons. The lowest BCUT2D eigenvalue weighted by Crippen LogP contribution is -2.51. The minimum Gasteiger partial charge on any atom is -0.352 e. The molecule has 0 heterocycles. The molecule has 1 aliphatic rings. The number of nitrogens with one attached hydrogen (secondary N) is 1. The molecule has 2 amide bonds. The maximum atomic E-state index is 13.2. The largest absolute Gasteiger partial charge is 0.352 e. The molecule has 1 aliphatic carbocycles. The highest BCUT2D eigenvalue weighted by Gasteiger charge is 2.30. The van der Waals surface area contributed by atoms with Crippen LogP contribution in [0, 0.1) is 0 Å². The van der Waals surface area contributed by atoms with Crippen molar-refractivity contribution in [2.75, 3.05) is 5.75 Å². The number of carbonyl (C=O) groups is 2. The molecule has 0 saturated heterocycles. The predicted octanol–water partition coefficient (Wildman–Crippen LogP) is 5.44. The van der Waals surface area contributed by atoms with Crippen LogP contribution in [-0.2, 0) is 21.9 Å². The molecule has 1 saturated carbocycles. The maximum Gasteiger partial charge on any atom is 0.243 e. The summed E-state index contributed by atoms with van der Waals surface area (Å²) in [4.78, 5) is 28.1. The fourth-order valence-electron chi connectivity index (χ4n) is 3.99. The van der Waals surface area contributed by atoms with Gasteiger partial charge in [0, 0.05) is 23.4 Å². The van der Waals surface area contributed by atoms with Crippen LogP contribution in [0.15, 0.2) is 54.6 Å². The Labute approximate surface area is 194 Å². The van der Waals surface area contributed by atoms with Crippen molar-refractivity contribution < 1.29 is 9.59 Å². The molecule has 1 atom stereocenters. The number of nitrogens with zero attached hydrogens (tertiary/aromatic N) is 1. The summed E-state index contributed by atoms with van der Waals surface area (Å²) in [5.74, 6) is 1.07. The predicted molar refractivity (Wildman–Crippen MR) is 129 cm³/mol. The van der Waals surface area contributed by atoms with Crippen LogP contribution in [0.2, 0.25) is 5.02 Å². The smallest absolute Gasteiger partial charge is 0.243 e. The van der Waals surface area contributed by atoms with Gasteiger partial charge >= 0.3 is 0 Å². The topological polar surface area (TPSA) is 49.4 Å². The van der Waals surface area contributed by atoms with E-state index in [4.69, 9.17) is 11.6 Å². The average Bonchev–Trinajstić information content (AvgIpc) is 3.28. The first-order valence-corrected chi connectivity index (χ1v) is 12.6. The molecule has 3 rings (SSSR count). The van der Waals surface area contributed by atoms with Gasteiger partial charge in [0.15, 0.2) is 0 Å². The summed E-state index contributed by atoms with van der Waals surface area (Å²) in [6.45, 7) is 2.37. The van der Waals surface area contributed by atoms with Crippen molar-refractivity contribution in [3.8, 4) is 0 Å². The van der Waals surface area contributed by atoms with Gasteiger partial charge < -0.3 is 10.2 Å². The highest BCUT2D eigenvalue weighted by atomic mass is 35.5. The molecule has 0 aliphatic heterocycles. The highest BCUT2D eigenvalue weighted by molar-refractivity contribution is 7.99. The van der Waals surface area contributed by atoms with E-state index in [0.29, 0.717) is 23.7 Å². The quantitative estimate of drug-likeness (QED) is 0.515. The summed E-state index contributed by atoms with van der Waals surface area (Å²) in [6.07, 6.45) is 4.96. The number of carbonyl (C=O) groups excluding carboxylic acids is 2. The maximum absolute atomic E-state index is 13.2. The molecule has 1 N–H and O–H groups in total. The Morgan fingerprint density at radius 1 is 1.06 bits per heavy atom. The number of hydrogen-bond acceptors (Lipinski definition) is 3. The van der Waals surface area contributed by atoms with E-state index in [2.05, 4.69) is 17.4 Å². The fourth-order valence-corrected chi connectivity index (χ4v) is 4.98. The summed E-state index contributed by atoms with van der Waals surface area (Å²) < 4.78 is 0. The molecule has 6 heteroatoms. The van der Waals surface area contributed by atoms with Gasteiger partial charge in [-0.05, 0) is 42.5 Å². The summed E-state index contributed by atoms with van der Waals surface area (Å²) in [5, 5.41) is 3.84. The molecule has 1 unspecified atom stereocenters. The molecular weight excluding hydrogens is 428 g/mol. The van der Waals surface area contributed by atoms with Crippen molar-refractivity contribution in [1.29, 1.82) is 0 Å². The van der Waals surface area contributed by atoms with Gasteiger partial charge in [-0.1, -0.05) is 73.8 Å². The molecule has 0 spiro atoms. The van der Waals surface area contributed by atoms with Crippen LogP contribution in [0.4, 0.5) is 0 Å². The second-order valence-corrected chi connectivity index (χ2v) is 9.46. The monoisotopic (exact) mass is 458 g/mol. The zero-order valence-corrected chi connectivity index (χ0v) is 19.6. The average molecular weight is 459 g/mol. The van der Waals surface area contributed by atoms with E-state index < -0.39 is 6.04 Å². The second-order valence-electron chi connectivity index (χ2n) is 8.04. The van der Waals surface area contributed by atoms with E-state index in [1.165, 1.54) is 5.56 Å². The lowest BCUT2D eigenvalue weighted by molar-refractivity contribution is -0.139. The summed E-state index contributed by atoms with van der Waals surface area (Å²) in [5.41, 5.74) is 2.16. The van der Waals surface area contributed by atoms with Crippen molar-refractivity contribution >= 4 is 35.2 Å². The van der Waals surface area contributed by atoms with Gasteiger partial charge in [0.2, 0.25) is 11.8 Å². The van der Waals surface area contributed by atoms with Crippen LogP contribution < -0.4 is 5.32 Å². The minimum absolute atomic E-state index is 0.00990. The Balaban J connectivity index is 1.69. The number of benzene rings is 2. The summed E-state index contributed by atoms with van der Waals surface area (Å²) in [6, 6.07) is 17.4. The van der Waals surface area contributed by atoms with Crippen LogP contribution in [0.3, 0.4) is 0 Å². The molecule has 0 radical (unpaired) electrons. The van der Waals surface area contributed by atoms with Gasteiger partial charge in [-0.2, -0.15) is 0 Å². The van der Waals surface area contributed by atoms with Crippen LogP contribution in [0.1, 0.15) is 50.2 Å². The van der Waals surface area contributed by atoms with Gasteiger partial charge in [-0.3, -0.25) is 9.59 Å². The number of amides is 2. The minimum atomic E-state index is -0.471. The van der Waals surface area contributed by atoms with E-state index >= 15 is 0 Å². The zero-order chi connectivity index (χ0) is 22.1. The van der Waals surface area contributed by atoms with E-state index in [-0.39, 0.29) is 17.9 Å². The van der Waals surface area contributed by atoms with Gasteiger partial charge in [0.25, 0.3) is 0 Å². The molecule has 0 aromatic heterocycles. The van der Waals surface area contributed by atoms with Crippen LogP contribution in [-0.4, -0.2) is 34.6 Å². The number of rotatable bonds is 10. The van der Waals surface area contributed by atoms with Crippen molar-refractivity contribution in [2.24, 2.45) is 0 Å². The SMILES string of the molecule is CCC(C(=O)NC1CCCC1)N(Cc1ccc(Cl)cc1)C(=O)CSCc1ccccc1. The second kappa shape index (κ2) is 12.2. The zero-order valence-electron chi connectivity index (χ0n) is 18.1. The fraction of sp³-hybridized carbons (Fsp3) is 0.440. The summed E-state index contributed by atoms with van der Waals surface area (Å²) >= 11 is 7.61. The Hall–Kier alpha value is -1.98. The first-order valence-electron chi connectivity index (χ1n) is 11.0. The third-order valence-corrected chi connectivity index (χ3v) is 6.93. The molecular formula is C25H31ClN2O2S. The number of halogens is 1. The lowest BCUT2D eigenvalue weighted by atomic mass is 10.1. The molecule has 31 heavy (non-hydrogen) atoms. The molecule has 4 nitrogen and oxygen atoms in total. The van der Waals surface area contributed by atoms with E-state index in [1.807, 2.05) is 49.4 Å². The first-order chi connectivity index (χ1) is 15.1. The Bertz CT molecular complexity index is 838. The van der Waals surface area contributed by atoms with Gasteiger partial charge in [0.1, 0.15) is 6.04 Å². The van der Waals surface area contributed by atoms with Crippen molar-refractivity contribution in [1.82, 2.24) is 10.2 Å². The van der Waals surface area contributed by atoms with Crippen LogP contribution in [0.5, 0.6) is 0 Å². The van der Waals surface area contributed by atoms with Crippen LogP contribution in [0.25, 0.3) is 0 Å². The molecule has 2 aromatic carbocycles. The van der Waals surface area contributed by atoms with Gasteiger partial charge in [-0.15, -0.1) is 11.8 Å². The number of thioether (sulfide) groups is 1. The van der Waals surface area contributed by atoms with E-state index in [0.717, 1.165) is 37.0 Å². The Kier molecular flexibility index (Phi) is 9.29. The molecule has 0 bridgehead atoms. The normalized spacial score (nSPS) is 14.9. The number of hydrogen-bond donors (Lipinski definition) is 1. The Morgan fingerprint density at radius 2 is 1.74 bits per heavy atom. The first kappa shape index (κ1) is 23.7. The van der Waals surface area contributed by atoms with E-state index in [1.54, 1.807) is 16.7 Å².